The van der Waals surface area contributed by atoms with Crippen LogP contribution >= 0.6 is 0 Å². The van der Waals surface area contributed by atoms with E-state index < -0.39 is 6.23 Å². The highest BCUT2D eigenvalue weighted by molar-refractivity contribution is 5.76. The SMILES string of the molecule is CCCC(O)N1CCNC1=O. The van der Waals surface area contributed by atoms with Gasteiger partial charge in [0.25, 0.3) is 0 Å². The summed E-state index contributed by atoms with van der Waals surface area (Å²) in [4.78, 5) is 12.4. The molecule has 1 aliphatic rings. The molecule has 0 radical (unpaired) electrons. The highest BCUT2D eigenvalue weighted by atomic mass is 16.3. The molecule has 0 aromatic rings. The van der Waals surface area contributed by atoms with Gasteiger partial charge in [0, 0.05) is 13.1 Å². The average molecular weight is 158 g/mol. The van der Waals surface area contributed by atoms with Gasteiger partial charge >= 0.3 is 6.03 Å². The fourth-order valence-corrected chi connectivity index (χ4v) is 1.18. The van der Waals surface area contributed by atoms with Gasteiger partial charge in [0.2, 0.25) is 0 Å². The highest BCUT2D eigenvalue weighted by Crippen LogP contribution is 2.06. The summed E-state index contributed by atoms with van der Waals surface area (Å²) in [6, 6.07) is -0.147. The third kappa shape index (κ3) is 1.83. The smallest absolute Gasteiger partial charge is 0.319 e. The molecule has 0 aromatic heterocycles. The van der Waals surface area contributed by atoms with Crippen LogP contribution in [0.1, 0.15) is 19.8 Å². The van der Waals surface area contributed by atoms with Crippen molar-refractivity contribution in [2.45, 2.75) is 26.0 Å². The second kappa shape index (κ2) is 3.57. The van der Waals surface area contributed by atoms with E-state index in [9.17, 15) is 9.90 Å². The van der Waals surface area contributed by atoms with Crippen LogP contribution in [0, 0.1) is 0 Å². The van der Waals surface area contributed by atoms with Gasteiger partial charge in [0.1, 0.15) is 6.23 Å². The molecule has 1 heterocycles. The van der Waals surface area contributed by atoms with Crippen LogP contribution in [-0.2, 0) is 0 Å². The Morgan fingerprint density at radius 2 is 2.55 bits per heavy atom. The highest BCUT2D eigenvalue weighted by Gasteiger charge is 2.24. The topological polar surface area (TPSA) is 52.6 Å². The molecule has 2 amide bonds. The molecule has 0 saturated carbocycles. The van der Waals surface area contributed by atoms with E-state index in [0.717, 1.165) is 6.42 Å². The van der Waals surface area contributed by atoms with E-state index in [1.54, 1.807) is 0 Å². The molecular weight excluding hydrogens is 144 g/mol. The lowest BCUT2D eigenvalue weighted by molar-refractivity contribution is 0.0372. The molecule has 1 fully saturated rings. The molecule has 64 valence electrons. The Bertz CT molecular complexity index is 149. The first kappa shape index (κ1) is 8.33. The largest absolute Gasteiger partial charge is 0.373 e. The Morgan fingerprint density at radius 3 is 3.00 bits per heavy atom. The van der Waals surface area contributed by atoms with Crippen LogP contribution in [0.2, 0.25) is 0 Å². The number of hydrogen-bond donors (Lipinski definition) is 2. The molecule has 1 rings (SSSR count). The second-order valence-corrected chi connectivity index (χ2v) is 2.69. The van der Waals surface area contributed by atoms with Crippen LogP contribution in [0.4, 0.5) is 4.79 Å². The Balaban J connectivity index is 2.39. The van der Waals surface area contributed by atoms with Crippen LogP contribution in [-0.4, -0.2) is 35.4 Å². The van der Waals surface area contributed by atoms with Crippen molar-refractivity contribution in [2.75, 3.05) is 13.1 Å². The monoisotopic (exact) mass is 158 g/mol. The normalized spacial score (nSPS) is 20.2. The van der Waals surface area contributed by atoms with E-state index in [4.69, 9.17) is 0 Å². The zero-order chi connectivity index (χ0) is 8.27. The van der Waals surface area contributed by atoms with E-state index in [2.05, 4.69) is 5.32 Å². The quantitative estimate of drug-likeness (QED) is 0.613. The lowest BCUT2D eigenvalue weighted by Gasteiger charge is -2.20. The van der Waals surface area contributed by atoms with Crippen molar-refractivity contribution in [3.63, 3.8) is 0 Å². The molecule has 1 saturated heterocycles. The molecule has 0 aliphatic carbocycles. The number of rotatable bonds is 3. The molecule has 4 heteroatoms. The van der Waals surface area contributed by atoms with E-state index in [1.807, 2.05) is 6.92 Å². The van der Waals surface area contributed by atoms with Gasteiger partial charge in [-0.25, -0.2) is 4.79 Å². The predicted octanol–water partition coefficient (Wildman–Crippen LogP) is 0.130. The van der Waals surface area contributed by atoms with Crippen LogP contribution < -0.4 is 5.32 Å². The first-order valence-corrected chi connectivity index (χ1v) is 3.98. The summed E-state index contributed by atoms with van der Waals surface area (Å²) >= 11 is 0. The Labute approximate surface area is 66.2 Å². The van der Waals surface area contributed by atoms with Crippen molar-refractivity contribution in [1.82, 2.24) is 10.2 Å². The molecule has 0 spiro atoms. The second-order valence-electron chi connectivity index (χ2n) is 2.69. The van der Waals surface area contributed by atoms with E-state index in [0.29, 0.717) is 19.5 Å². The lowest BCUT2D eigenvalue weighted by atomic mass is 10.3. The predicted molar refractivity (Wildman–Crippen MR) is 41.0 cm³/mol. The van der Waals surface area contributed by atoms with E-state index >= 15 is 0 Å². The van der Waals surface area contributed by atoms with Gasteiger partial charge < -0.3 is 10.4 Å². The summed E-state index contributed by atoms with van der Waals surface area (Å²) < 4.78 is 0. The van der Waals surface area contributed by atoms with Crippen molar-refractivity contribution in [1.29, 1.82) is 0 Å². The van der Waals surface area contributed by atoms with Gasteiger partial charge in [0.15, 0.2) is 0 Å². The fraction of sp³-hybridized carbons (Fsp3) is 0.857. The summed E-state index contributed by atoms with van der Waals surface area (Å²) in [7, 11) is 0. The van der Waals surface area contributed by atoms with Crippen LogP contribution in [0.3, 0.4) is 0 Å². The van der Waals surface area contributed by atoms with Crippen molar-refractivity contribution in [3.8, 4) is 0 Å². The third-order valence-electron chi connectivity index (χ3n) is 1.80. The average Bonchev–Trinajstić information content (AvgIpc) is 2.36. The van der Waals surface area contributed by atoms with Gasteiger partial charge in [-0.15, -0.1) is 0 Å². The number of amides is 2. The molecule has 4 nitrogen and oxygen atoms in total. The minimum Gasteiger partial charge on any atom is -0.373 e. The number of hydrogen-bond acceptors (Lipinski definition) is 2. The van der Waals surface area contributed by atoms with Gasteiger partial charge in [-0.05, 0) is 6.42 Å². The number of aliphatic hydroxyl groups excluding tert-OH is 1. The van der Waals surface area contributed by atoms with Crippen LogP contribution in [0.25, 0.3) is 0 Å². The van der Waals surface area contributed by atoms with E-state index in [-0.39, 0.29) is 6.03 Å². The Hall–Kier alpha value is -0.770. The first-order valence-electron chi connectivity index (χ1n) is 3.98. The number of nitrogens with zero attached hydrogens (tertiary/aromatic N) is 1. The third-order valence-corrected chi connectivity index (χ3v) is 1.80. The van der Waals surface area contributed by atoms with Crippen molar-refractivity contribution in [2.24, 2.45) is 0 Å². The van der Waals surface area contributed by atoms with Gasteiger partial charge in [-0.1, -0.05) is 13.3 Å². The summed E-state index contributed by atoms with van der Waals surface area (Å²) in [6.45, 7) is 3.26. The van der Waals surface area contributed by atoms with Crippen molar-refractivity contribution < 1.29 is 9.90 Å². The zero-order valence-corrected chi connectivity index (χ0v) is 6.71. The number of nitrogens with one attached hydrogen (secondary N) is 1. The summed E-state index contributed by atoms with van der Waals surface area (Å²) in [6.07, 6.45) is 0.959. The molecule has 1 atom stereocenters. The maximum Gasteiger partial charge on any atom is 0.319 e. The van der Waals surface area contributed by atoms with Crippen molar-refractivity contribution >= 4 is 6.03 Å². The summed E-state index contributed by atoms with van der Waals surface area (Å²) in [5, 5.41) is 12.0. The molecular formula is C7H14N2O2. The van der Waals surface area contributed by atoms with E-state index in [1.165, 1.54) is 4.90 Å². The molecule has 11 heavy (non-hydrogen) atoms. The number of aliphatic hydroxyl groups is 1. The standard InChI is InChI=1S/C7H14N2O2/c1-2-3-6(10)9-5-4-8-7(9)11/h6,10H,2-5H2,1H3,(H,8,11). The number of urea groups is 1. The minimum atomic E-state index is -0.595. The molecule has 0 aromatic carbocycles. The van der Waals surface area contributed by atoms with Crippen LogP contribution in [0.15, 0.2) is 0 Å². The molecule has 1 unspecified atom stereocenters. The summed E-state index contributed by atoms with van der Waals surface area (Å²) in [5.41, 5.74) is 0. The Morgan fingerprint density at radius 1 is 1.82 bits per heavy atom. The van der Waals surface area contributed by atoms with Crippen molar-refractivity contribution in [3.05, 3.63) is 0 Å². The first-order chi connectivity index (χ1) is 5.25. The minimum absolute atomic E-state index is 0.147. The van der Waals surface area contributed by atoms with Gasteiger partial charge in [0.05, 0.1) is 0 Å². The number of carbonyl (C=O) groups is 1. The maximum absolute atomic E-state index is 10.9. The zero-order valence-electron chi connectivity index (χ0n) is 6.71. The molecule has 1 aliphatic heterocycles. The van der Waals surface area contributed by atoms with Crippen LogP contribution in [0.5, 0.6) is 0 Å². The lowest BCUT2D eigenvalue weighted by Crippen LogP contribution is -2.37. The Kier molecular flexibility index (Phi) is 2.70. The number of carbonyl (C=O) groups excluding carboxylic acids is 1. The molecule has 2 N–H and O–H groups in total. The summed E-state index contributed by atoms with van der Waals surface area (Å²) in [5.74, 6) is 0. The maximum atomic E-state index is 10.9. The van der Waals surface area contributed by atoms with Gasteiger partial charge in [-0.2, -0.15) is 0 Å². The molecule has 0 bridgehead atoms. The fourth-order valence-electron chi connectivity index (χ4n) is 1.18. The van der Waals surface area contributed by atoms with Gasteiger partial charge in [-0.3, -0.25) is 4.90 Å².